The molecular formula is C24H29N5O2. The molecular weight excluding hydrogens is 390 g/mol. The Labute approximate surface area is 182 Å². The van der Waals surface area contributed by atoms with Crippen molar-refractivity contribution in [3.8, 4) is 5.88 Å². The molecule has 1 saturated carbocycles. The number of piperidine rings is 1. The van der Waals surface area contributed by atoms with E-state index in [1.807, 2.05) is 4.90 Å². The number of rotatable bonds is 4. The highest BCUT2D eigenvalue weighted by Crippen LogP contribution is 2.38. The first-order valence-corrected chi connectivity index (χ1v) is 11.3. The molecule has 0 spiro atoms. The van der Waals surface area contributed by atoms with Gasteiger partial charge in [-0.2, -0.15) is 0 Å². The maximum absolute atomic E-state index is 12.7. The van der Waals surface area contributed by atoms with Gasteiger partial charge in [0.2, 0.25) is 5.88 Å². The van der Waals surface area contributed by atoms with E-state index in [0.717, 1.165) is 23.9 Å². The first-order valence-electron chi connectivity index (χ1n) is 11.3. The summed E-state index contributed by atoms with van der Waals surface area (Å²) in [5, 5.41) is 1.04. The van der Waals surface area contributed by atoms with Gasteiger partial charge in [-0.1, -0.05) is 12.8 Å². The molecule has 0 radical (unpaired) electrons. The van der Waals surface area contributed by atoms with Crippen LogP contribution in [0.1, 0.15) is 66.2 Å². The summed E-state index contributed by atoms with van der Waals surface area (Å²) in [5.74, 6) is 0.742. The Morgan fingerprint density at radius 2 is 1.74 bits per heavy atom. The predicted molar refractivity (Wildman–Crippen MR) is 118 cm³/mol. The number of aromatic nitrogens is 4. The SMILES string of the molecule is Cc1c(C)n(C2CCCC2)c2ncnc(OC3CCN(C(=O)c4ccncc4)CC3)c12. The summed E-state index contributed by atoms with van der Waals surface area (Å²) < 4.78 is 8.81. The summed E-state index contributed by atoms with van der Waals surface area (Å²) in [7, 11) is 0. The van der Waals surface area contributed by atoms with E-state index in [1.54, 1.807) is 30.9 Å². The number of fused-ring (bicyclic) bond motifs is 1. The lowest BCUT2D eigenvalue weighted by Crippen LogP contribution is -2.41. The van der Waals surface area contributed by atoms with Crippen LogP contribution in [-0.4, -0.2) is 49.5 Å². The number of aryl methyl sites for hydroxylation is 1. The molecule has 1 aliphatic heterocycles. The zero-order valence-corrected chi connectivity index (χ0v) is 18.3. The first-order chi connectivity index (χ1) is 15.1. The van der Waals surface area contributed by atoms with Crippen LogP contribution in [0.15, 0.2) is 30.9 Å². The van der Waals surface area contributed by atoms with Crippen LogP contribution in [0.2, 0.25) is 0 Å². The molecule has 2 fully saturated rings. The van der Waals surface area contributed by atoms with Crippen molar-refractivity contribution >= 4 is 16.9 Å². The van der Waals surface area contributed by atoms with Gasteiger partial charge in [-0.25, -0.2) is 9.97 Å². The molecule has 7 nitrogen and oxygen atoms in total. The van der Waals surface area contributed by atoms with Crippen LogP contribution in [0.5, 0.6) is 5.88 Å². The van der Waals surface area contributed by atoms with Gasteiger partial charge in [0.15, 0.2) is 0 Å². The minimum atomic E-state index is 0.0501. The molecule has 7 heteroatoms. The lowest BCUT2D eigenvalue weighted by atomic mass is 10.1. The Morgan fingerprint density at radius 3 is 2.45 bits per heavy atom. The Kier molecular flexibility index (Phi) is 5.34. The van der Waals surface area contributed by atoms with Crippen LogP contribution in [0.3, 0.4) is 0 Å². The molecule has 0 unspecified atom stereocenters. The van der Waals surface area contributed by atoms with Gasteiger partial charge < -0.3 is 14.2 Å². The van der Waals surface area contributed by atoms with E-state index in [1.165, 1.54) is 36.9 Å². The third kappa shape index (κ3) is 3.66. The van der Waals surface area contributed by atoms with Crippen LogP contribution in [0, 0.1) is 13.8 Å². The zero-order chi connectivity index (χ0) is 21.4. The standard InChI is InChI=1S/C24H29N5O2/c1-16-17(2)29(19-5-3-4-6-19)22-21(16)23(27-15-26-22)31-20-9-13-28(14-10-20)24(30)18-7-11-25-12-8-18/h7-8,11-12,15,19-20H,3-6,9-10,13-14H2,1-2H3. The fourth-order valence-corrected chi connectivity index (χ4v) is 5.10. The van der Waals surface area contributed by atoms with Crippen LogP contribution >= 0.6 is 0 Å². The van der Waals surface area contributed by atoms with E-state index in [0.29, 0.717) is 30.6 Å². The van der Waals surface area contributed by atoms with Gasteiger partial charge in [-0.15, -0.1) is 0 Å². The second-order valence-corrected chi connectivity index (χ2v) is 8.74. The van der Waals surface area contributed by atoms with Crippen molar-refractivity contribution in [3.05, 3.63) is 47.7 Å². The zero-order valence-electron chi connectivity index (χ0n) is 18.3. The molecule has 5 rings (SSSR count). The van der Waals surface area contributed by atoms with E-state index in [2.05, 4.69) is 33.4 Å². The normalized spacial score (nSPS) is 18.1. The summed E-state index contributed by atoms with van der Waals surface area (Å²) in [6, 6.07) is 4.06. The van der Waals surface area contributed by atoms with E-state index in [9.17, 15) is 4.79 Å². The average molecular weight is 420 g/mol. The van der Waals surface area contributed by atoms with Crippen molar-refractivity contribution < 1.29 is 9.53 Å². The Balaban J connectivity index is 1.33. The van der Waals surface area contributed by atoms with E-state index >= 15 is 0 Å². The third-order valence-electron chi connectivity index (χ3n) is 6.92. The Bertz CT molecular complexity index is 1080. The van der Waals surface area contributed by atoms with Crippen LogP contribution in [0.4, 0.5) is 0 Å². The topological polar surface area (TPSA) is 73.1 Å². The molecule has 162 valence electrons. The highest BCUT2D eigenvalue weighted by Gasteiger charge is 2.28. The molecule has 0 N–H and O–H groups in total. The van der Waals surface area contributed by atoms with Gasteiger partial charge >= 0.3 is 0 Å². The smallest absolute Gasteiger partial charge is 0.253 e. The fraction of sp³-hybridized carbons (Fsp3) is 0.500. The highest BCUT2D eigenvalue weighted by molar-refractivity contribution is 5.94. The quantitative estimate of drug-likeness (QED) is 0.632. The molecule has 31 heavy (non-hydrogen) atoms. The second-order valence-electron chi connectivity index (χ2n) is 8.74. The van der Waals surface area contributed by atoms with Gasteiger partial charge in [-0.05, 0) is 44.4 Å². The molecule has 0 atom stereocenters. The molecule has 0 bridgehead atoms. The number of hydrogen-bond donors (Lipinski definition) is 0. The summed E-state index contributed by atoms with van der Waals surface area (Å²) in [4.78, 5) is 27.7. The van der Waals surface area contributed by atoms with Crippen molar-refractivity contribution in [3.63, 3.8) is 0 Å². The largest absolute Gasteiger partial charge is 0.474 e. The maximum atomic E-state index is 12.7. The number of nitrogens with zero attached hydrogens (tertiary/aromatic N) is 5. The number of amides is 1. The second kappa shape index (κ2) is 8.29. The number of likely N-dealkylation sites (tertiary alicyclic amines) is 1. The van der Waals surface area contributed by atoms with Gasteiger partial charge in [0.25, 0.3) is 5.91 Å². The average Bonchev–Trinajstić information content (AvgIpc) is 3.42. The fourth-order valence-electron chi connectivity index (χ4n) is 5.10. The van der Waals surface area contributed by atoms with Gasteiger partial charge in [0, 0.05) is 55.6 Å². The minimum Gasteiger partial charge on any atom is -0.474 e. The number of hydrogen-bond acceptors (Lipinski definition) is 5. The third-order valence-corrected chi connectivity index (χ3v) is 6.92. The number of ether oxygens (including phenoxy) is 1. The van der Waals surface area contributed by atoms with E-state index < -0.39 is 0 Å². The van der Waals surface area contributed by atoms with E-state index in [-0.39, 0.29) is 12.0 Å². The molecule has 1 saturated heterocycles. The molecule has 1 amide bonds. The van der Waals surface area contributed by atoms with Crippen molar-refractivity contribution in [1.29, 1.82) is 0 Å². The number of carbonyl (C=O) groups is 1. The number of pyridine rings is 1. The monoisotopic (exact) mass is 419 g/mol. The van der Waals surface area contributed by atoms with E-state index in [4.69, 9.17) is 4.74 Å². The van der Waals surface area contributed by atoms with Crippen LogP contribution in [0.25, 0.3) is 11.0 Å². The molecule has 3 aromatic rings. The van der Waals surface area contributed by atoms with Crippen LogP contribution < -0.4 is 4.74 Å². The van der Waals surface area contributed by atoms with Crippen molar-refractivity contribution in [2.45, 2.75) is 64.5 Å². The molecule has 2 aliphatic rings. The Hall–Kier alpha value is -2.96. The van der Waals surface area contributed by atoms with Crippen molar-refractivity contribution in [2.24, 2.45) is 0 Å². The molecule has 4 heterocycles. The van der Waals surface area contributed by atoms with Crippen LogP contribution in [-0.2, 0) is 0 Å². The maximum Gasteiger partial charge on any atom is 0.253 e. The van der Waals surface area contributed by atoms with Gasteiger partial charge in [-0.3, -0.25) is 9.78 Å². The molecule has 3 aromatic heterocycles. The predicted octanol–water partition coefficient (Wildman–Crippen LogP) is 4.24. The van der Waals surface area contributed by atoms with Crippen molar-refractivity contribution in [2.75, 3.05) is 13.1 Å². The number of carbonyl (C=O) groups excluding carboxylic acids is 1. The lowest BCUT2D eigenvalue weighted by molar-refractivity contribution is 0.0590. The van der Waals surface area contributed by atoms with Crippen molar-refractivity contribution in [1.82, 2.24) is 24.4 Å². The Morgan fingerprint density at radius 1 is 1.03 bits per heavy atom. The first kappa shape index (κ1) is 20.0. The summed E-state index contributed by atoms with van der Waals surface area (Å²) in [6.07, 6.45) is 11.6. The summed E-state index contributed by atoms with van der Waals surface area (Å²) >= 11 is 0. The minimum absolute atomic E-state index is 0.0501. The molecule has 0 aromatic carbocycles. The van der Waals surface area contributed by atoms with Gasteiger partial charge in [0.05, 0.1) is 5.39 Å². The highest BCUT2D eigenvalue weighted by atomic mass is 16.5. The summed E-state index contributed by atoms with van der Waals surface area (Å²) in [6.45, 7) is 5.69. The molecule has 1 aliphatic carbocycles. The summed E-state index contributed by atoms with van der Waals surface area (Å²) in [5.41, 5.74) is 4.16. The lowest BCUT2D eigenvalue weighted by Gasteiger charge is -2.32. The van der Waals surface area contributed by atoms with Gasteiger partial charge in [0.1, 0.15) is 18.1 Å².